The number of amides is 1. The highest BCUT2D eigenvalue weighted by Crippen LogP contribution is 2.43. The van der Waals surface area contributed by atoms with E-state index in [0.717, 1.165) is 53.6 Å². The molecule has 2 heterocycles. The highest BCUT2D eigenvalue weighted by atomic mass is 16.7. The van der Waals surface area contributed by atoms with E-state index in [1.54, 1.807) is 0 Å². The molecule has 5 rings (SSSR count). The standard InChI is InChI=1S/C26H27N3O4/c1-2-31-20-12-13-23-21(15-20)22(16-27)25(29(23)19-5-3-6-19)17-8-10-18(11-9-17)28-26(30)33-24-7-4-14-32-24/h8-13,15,19,24H,2-7,14H2,1H3,(H,28,30). The molecule has 0 spiro atoms. The van der Waals surface area contributed by atoms with Gasteiger partial charge in [-0.05, 0) is 68.5 Å². The molecule has 7 nitrogen and oxygen atoms in total. The van der Waals surface area contributed by atoms with Crippen molar-refractivity contribution in [2.75, 3.05) is 18.5 Å². The average molecular weight is 446 g/mol. The molecule has 1 unspecified atom stereocenters. The molecule has 2 aliphatic rings. The van der Waals surface area contributed by atoms with E-state index in [2.05, 4.69) is 22.0 Å². The Hall–Kier alpha value is -3.50. The van der Waals surface area contributed by atoms with Gasteiger partial charge in [0.2, 0.25) is 6.29 Å². The fraction of sp³-hybridized carbons (Fsp3) is 0.385. The first-order valence-electron chi connectivity index (χ1n) is 11.6. The molecular weight excluding hydrogens is 418 g/mol. The molecule has 1 saturated heterocycles. The molecule has 1 aromatic heterocycles. The molecule has 1 aliphatic carbocycles. The average Bonchev–Trinajstić information content (AvgIpc) is 3.39. The van der Waals surface area contributed by atoms with Crippen LogP contribution in [0.3, 0.4) is 0 Å². The number of anilines is 1. The molecule has 1 N–H and O–H groups in total. The normalized spacial score (nSPS) is 18.0. The molecule has 2 fully saturated rings. The number of ether oxygens (including phenoxy) is 3. The van der Waals surface area contributed by atoms with Crippen molar-refractivity contribution >= 4 is 22.7 Å². The smallest absolute Gasteiger partial charge is 0.413 e. The molecule has 0 bridgehead atoms. The third-order valence-corrected chi connectivity index (χ3v) is 6.37. The van der Waals surface area contributed by atoms with Crippen molar-refractivity contribution in [2.24, 2.45) is 0 Å². The first-order chi connectivity index (χ1) is 16.2. The van der Waals surface area contributed by atoms with Crippen molar-refractivity contribution in [3.8, 4) is 23.1 Å². The Morgan fingerprint density at radius 1 is 1.18 bits per heavy atom. The topological polar surface area (TPSA) is 85.5 Å². The molecule has 3 aromatic rings. The number of hydrogen-bond donors (Lipinski definition) is 1. The summed E-state index contributed by atoms with van der Waals surface area (Å²) < 4.78 is 18.6. The lowest BCUT2D eigenvalue weighted by atomic mass is 9.92. The molecular formula is C26H27N3O4. The summed E-state index contributed by atoms with van der Waals surface area (Å²) in [5, 5.41) is 13.8. The van der Waals surface area contributed by atoms with Gasteiger partial charge in [-0.3, -0.25) is 5.32 Å². The molecule has 0 radical (unpaired) electrons. The highest BCUT2D eigenvalue weighted by Gasteiger charge is 2.28. The van der Waals surface area contributed by atoms with Crippen LogP contribution >= 0.6 is 0 Å². The summed E-state index contributed by atoms with van der Waals surface area (Å²) in [5.41, 5.74) is 4.18. The number of hydrogen-bond acceptors (Lipinski definition) is 5. The lowest BCUT2D eigenvalue weighted by Crippen LogP contribution is -2.21. The van der Waals surface area contributed by atoms with Crippen LogP contribution < -0.4 is 10.1 Å². The monoisotopic (exact) mass is 445 g/mol. The minimum atomic E-state index is -0.528. The van der Waals surface area contributed by atoms with Gasteiger partial charge >= 0.3 is 6.09 Å². The van der Waals surface area contributed by atoms with E-state index >= 15 is 0 Å². The van der Waals surface area contributed by atoms with Crippen LogP contribution in [0, 0.1) is 11.3 Å². The van der Waals surface area contributed by atoms with Gasteiger partial charge in [-0.15, -0.1) is 0 Å². The summed E-state index contributed by atoms with van der Waals surface area (Å²) >= 11 is 0. The molecule has 33 heavy (non-hydrogen) atoms. The van der Waals surface area contributed by atoms with Crippen molar-refractivity contribution in [3.63, 3.8) is 0 Å². The second-order valence-electron chi connectivity index (χ2n) is 8.45. The summed E-state index contributed by atoms with van der Waals surface area (Å²) in [5.74, 6) is 0.767. The van der Waals surface area contributed by atoms with Crippen molar-refractivity contribution in [2.45, 2.75) is 51.4 Å². The van der Waals surface area contributed by atoms with E-state index in [1.807, 2.05) is 43.3 Å². The molecule has 1 amide bonds. The number of carbonyl (C=O) groups excluding carboxylic acids is 1. The lowest BCUT2D eigenvalue weighted by Gasteiger charge is -2.30. The zero-order chi connectivity index (χ0) is 22.8. The maximum Gasteiger partial charge on any atom is 0.413 e. The summed E-state index contributed by atoms with van der Waals surface area (Å²) in [6.45, 7) is 3.15. The largest absolute Gasteiger partial charge is 0.494 e. The summed E-state index contributed by atoms with van der Waals surface area (Å²) in [7, 11) is 0. The van der Waals surface area contributed by atoms with Gasteiger partial charge in [-0.1, -0.05) is 12.1 Å². The van der Waals surface area contributed by atoms with Crippen LogP contribution in [-0.2, 0) is 9.47 Å². The number of nitriles is 1. The Balaban J connectivity index is 1.48. The molecule has 1 aliphatic heterocycles. The van der Waals surface area contributed by atoms with Gasteiger partial charge < -0.3 is 18.8 Å². The van der Waals surface area contributed by atoms with Crippen LogP contribution in [0.15, 0.2) is 42.5 Å². The first kappa shape index (κ1) is 21.4. The molecule has 170 valence electrons. The summed E-state index contributed by atoms with van der Waals surface area (Å²) in [6.07, 6.45) is 4.02. The van der Waals surface area contributed by atoms with Crippen LogP contribution in [0.4, 0.5) is 10.5 Å². The third-order valence-electron chi connectivity index (χ3n) is 6.37. The van der Waals surface area contributed by atoms with Gasteiger partial charge in [0.05, 0.1) is 30.0 Å². The molecule has 7 heteroatoms. The van der Waals surface area contributed by atoms with Crippen LogP contribution in [0.25, 0.3) is 22.2 Å². The van der Waals surface area contributed by atoms with E-state index in [0.29, 0.717) is 30.5 Å². The Morgan fingerprint density at radius 2 is 2.00 bits per heavy atom. The van der Waals surface area contributed by atoms with Gasteiger partial charge in [0.25, 0.3) is 0 Å². The molecule has 1 saturated carbocycles. The summed E-state index contributed by atoms with van der Waals surface area (Å²) in [4.78, 5) is 12.1. The molecule has 2 aromatic carbocycles. The Morgan fingerprint density at radius 3 is 2.64 bits per heavy atom. The zero-order valence-corrected chi connectivity index (χ0v) is 18.7. The maximum atomic E-state index is 12.1. The third kappa shape index (κ3) is 4.14. The van der Waals surface area contributed by atoms with Crippen molar-refractivity contribution in [3.05, 3.63) is 48.0 Å². The number of fused-ring (bicyclic) bond motifs is 1. The SMILES string of the molecule is CCOc1ccc2c(c1)c(C#N)c(-c1ccc(NC(=O)OC3CCCO3)cc1)n2C1CCC1. The van der Waals surface area contributed by atoms with Crippen LogP contribution in [0.1, 0.15) is 50.6 Å². The predicted octanol–water partition coefficient (Wildman–Crippen LogP) is 5.99. The van der Waals surface area contributed by atoms with Crippen LogP contribution in [0.5, 0.6) is 5.75 Å². The quantitative estimate of drug-likeness (QED) is 0.504. The Bertz CT molecular complexity index is 1200. The van der Waals surface area contributed by atoms with E-state index in [9.17, 15) is 10.1 Å². The fourth-order valence-corrected chi connectivity index (χ4v) is 4.59. The number of nitrogens with one attached hydrogen (secondary N) is 1. The highest BCUT2D eigenvalue weighted by molar-refractivity contribution is 5.96. The Labute approximate surface area is 192 Å². The van der Waals surface area contributed by atoms with E-state index < -0.39 is 12.4 Å². The summed E-state index contributed by atoms with van der Waals surface area (Å²) in [6, 6.07) is 16.4. The van der Waals surface area contributed by atoms with Gasteiger partial charge in [-0.2, -0.15) is 5.26 Å². The zero-order valence-electron chi connectivity index (χ0n) is 18.7. The minimum absolute atomic E-state index is 0.377. The predicted molar refractivity (Wildman–Crippen MR) is 125 cm³/mol. The fourth-order valence-electron chi connectivity index (χ4n) is 4.59. The lowest BCUT2D eigenvalue weighted by molar-refractivity contribution is -0.0633. The van der Waals surface area contributed by atoms with E-state index in [-0.39, 0.29) is 0 Å². The second-order valence-corrected chi connectivity index (χ2v) is 8.45. The minimum Gasteiger partial charge on any atom is -0.494 e. The van der Waals surface area contributed by atoms with Gasteiger partial charge in [0.15, 0.2) is 0 Å². The van der Waals surface area contributed by atoms with Gasteiger partial charge in [0, 0.05) is 23.5 Å². The number of nitrogens with zero attached hydrogens (tertiary/aromatic N) is 2. The van der Waals surface area contributed by atoms with Crippen LogP contribution in [-0.4, -0.2) is 30.2 Å². The number of aromatic nitrogens is 1. The first-order valence-corrected chi connectivity index (χ1v) is 11.6. The number of carbonyl (C=O) groups is 1. The van der Waals surface area contributed by atoms with Gasteiger partial charge in [0.1, 0.15) is 11.8 Å². The van der Waals surface area contributed by atoms with E-state index in [4.69, 9.17) is 14.2 Å². The van der Waals surface area contributed by atoms with Gasteiger partial charge in [-0.25, -0.2) is 4.79 Å². The Kier molecular flexibility index (Phi) is 5.93. The van der Waals surface area contributed by atoms with Crippen molar-refractivity contribution in [1.29, 1.82) is 5.26 Å². The second kappa shape index (κ2) is 9.16. The molecule has 1 atom stereocenters. The maximum absolute atomic E-state index is 12.1. The van der Waals surface area contributed by atoms with E-state index in [1.165, 1.54) is 6.42 Å². The van der Waals surface area contributed by atoms with Crippen molar-refractivity contribution < 1.29 is 19.0 Å². The number of rotatable bonds is 6. The van der Waals surface area contributed by atoms with Crippen molar-refractivity contribution in [1.82, 2.24) is 4.57 Å². The number of benzene rings is 2. The van der Waals surface area contributed by atoms with Crippen LogP contribution in [0.2, 0.25) is 0 Å².